The number of aryl methyl sites for hydroxylation is 2. The fourth-order valence-corrected chi connectivity index (χ4v) is 5.45. The number of ether oxygens (including phenoxy) is 3. The van der Waals surface area contributed by atoms with Crippen molar-refractivity contribution >= 4 is 43.0 Å². The van der Waals surface area contributed by atoms with Gasteiger partial charge in [-0.2, -0.15) is 0 Å². The van der Waals surface area contributed by atoms with Gasteiger partial charge in [-0.15, -0.1) is 0 Å². The molecule has 3 aromatic carbocycles. The Bertz CT molecular complexity index is 1350. The van der Waals surface area contributed by atoms with Crippen molar-refractivity contribution in [3.8, 4) is 23.0 Å². The molecule has 0 radical (unpaired) electrons. The molecule has 0 bridgehead atoms. The summed E-state index contributed by atoms with van der Waals surface area (Å²) in [6.07, 6.45) is 3.06. The molecule has 0 atom stereocenters. The van der Waals surface area contributed by atoms with Gasteiger partial charge in [-0.05, 0) is 92.6 Å². The van der Waals surface area contributed by atoms with Crippen LogP contribution in [0.1, 0.15) is 69.2 Å². The molecular formula is C33H41BO8S2. The van der Waals surface area contributed by atoms with E-state index in [-0.39, 0.29) is 28.8 Å². The second kappa shape index (κ2) is 18.0. The smallest absolute Gasteiger partial charge is 0.508 e. The van der Waals surface area contributed by atoms with Crippen molar-refractivity contribution in [3.63, 3.8) is 0 Å². The Kier molecular flexibility index (Phi) is 14.5. The van der Waals surface area contributed by atoms with E-state index in [9.17, 15) is 9.59 Å². The van der Waals surface area contributed by atoms with E-state index in [2.05, 4.69) is 6.92 Å². The van der Waals surface area contributed by atoms with Crippen LogP contribution in [0.15, 0.2) is 48.5 Å². The maximum Gasteiger partial charge on any atom is 0.736 e. The van der Waals surface area contributed by atoms with Gasteiger partial charge in [0, 0.05) is 11.1 Å². The van der Waals surface area contributed by atoms with Crippen LogP contribution in [0.2, 0.25) is 0 Å². The summed E-state index contributed by atoms with van der Waals surface area (Å²) < 4.78 is 34.9. The summed E-state index contributed by atoms with van der Waals surface area (Å²) in [5.41, 5.74) is 5.20. The van der Waals surface area contributed by atoms with Gasteiger partial charge in [0.15, 0.2) is 17.3 Å². The van der Waals surface area contributed by atoms with Crippen LogP contribution in [0.25, 0.3) is 0 Å². The van der Waals surface area contributed by atoms with Crippen LogP contribution in [0.4, 0.5) is 0 Å². The van der Waals surface area contributed by atoms with E-state index in [0.717, 1.165) is 65.6 Å². The van der Waals surface area contributed by atoms with Crippen LogP contribution < -0.4 is 18.9 Å². The molecule has 0 aliphatic heterocycles. The molecule has 0 N–H and O–H groups in total. The Morgan fingerprint density at radius 2 is 1.20 bits per heavy atom. The number of methoxy groups -OCH3 is 2. The van der Waals surface area contributed by atoms with E-state index in [4.69, 9.17) is 27.1 Å². The van der Waals surface area contributed by atoms with Crippen molar-refractivity contribution in [2.24, 2.45) is 0 Å². The monoisotopic (exact) mass is 640 g/mol. The highest BCUT2D eigenvalue weighted by Crippen LogP contribution is 2.44. The standard InChI is InChI=1S/C33H41BO8S2/c1-8-9-10-19-39-30-17-18-31(33(38-7)32(30)37-6)40-34(41-43-20-28(35)26-15-11-13-22(2)24(26)4)42-44-21-29(36)27-16-12-14-23(3)25(27)5/h11-18H,8-10,19-21H2,1-7H3. The van der Waals surface area contributed by atoms with E-state index in [1.807, 2.05) is 52.0 Å². The number of benzene rings is 3. The molecule has 0 unspecified atom stereocenters. The van der Waals surface area contributed by atoms with Crippen molar-refractivity contribution in [2.45, 2.75) is 53.9 Å². The first-order valence-corrected chi connectivity index (χ1v) is 16.3. The van der Waals surface area contributed by atoms with Gasteiger partial charge >= 0.3 is 7.32 Å². The minimum absolute atomic E-state index is 0.0323. The molecule has 3 aromatic rings. The first-order chi connectivity index (χ1) is 21.2. The molecule has 0 aromatic heterocycles. The second-order valence-electron chi connectivity index (χ2n) is 10.1. The number of hydrogen-bond donors (Lipinski definition) is 0. The molecule has 0 saturated heterocycles. The van der Waals surface area contributed by atoms with Gasteiger partial charge < -0.3 is 27.1 Å². The van der Waals surface area contributed by atoms with Gasteiger partial charge in [0.25, 0.3) is 0 Å². The molecule has 0 saturated carbocycles. The van der Waals surface area contributed by atoms with Crippen molar-refractivity contribution in [1.29, 1.82) is 0 Å². The van der Waals surface area contributed by atoms with Crippen LogP contribution in [0.5, 0.6) is 23.0 Å². The average molecular weight is 641 g/mol. The van der Waals surface area contributed by atoms with E-state index in [0.29, 0.717) is 35.0 Å². The zero-order valence-electron chi connectivity index (χ0n) is 26.5. The number of hydrogen-bond acceptors (Lipinski definition) is 10. The quantitative estimate of drug-likeness (QED) is 0.0556. The minimum Gasteiger partial charge on any atom is -0.508 e. The third kappa shape index (κ3) is 9.69. The van der Waals surface area contributed by atoms with E-state index < -0.39 is 7.32 Å². The summed E-state index contributed by atoms with van der Waals surface area (Å²) >= 11 is 1.81. The molecule has 236 valence electrons. The predicted molar refractivity (Wildman–Crippen MR) is 179 cm³/mol. The van der Waals surface area contributed by atoms with Gasteiger partial charge in [-0.3, -0.25) is 9.59 Å². The lowest BCUT2D eigenvalue weighted by molar-refractivity contribution is 0.101. The Hall–Kier alpha value is -3.12. The van der Waals surface area contributed by atoms with Gasteiger partial charge in [0.2, 0.25) is 11.5 Å². The van der Waals surface area contributed by atoms with Crippen molar-refractivity contribution < 1.29 is 36.7 Å². The van der Waals surface area contributed by atoms with Gasteiger partial charge in [0.1, 0.15) is 5.75 Å². The summed E-state index contributed by atoms with van der Waals surface area (Å²) in [4.78, 5) is 25.9. The molecule has 0 aliphatic carbocycles. The van der Waals surface area contributed by atoms with E-state index >= 15 is 0 Å². The first kappa shape index (κ1) is 35.4. The van der Waals surface area contributed by atoms with Gasteiger partial charge in [-0.1, -0.05) is 56.2 Å². The minimum atomic E-state index is -1.29. The molecule has 0 fully saturated rings. The summed E-state index contributed by atoms with van der Waals surface area (Å²) in [5.74, 6) is 1.36. The van der Waals surface area contributed by atoms with Crippen LogP contribution >= 0.6 is 24.1 Å². The Morgan fingerprint density at radius 1 is 0.705 bits per heavy atom. The van der Waals surface area contributed by atoms with Crippen LogP contribution in [-0.2, 0) is 8.20 Å². The summed E-state index contributed by atoms with van der Waals surface area (Å²) in [6, 6.07) is 14.6. The SMILES string of the molecule is CCCCCOc1ccc(OB(OSCC(=O)c2cccc(C)c2C)OSCC(=O)c2cccc(C)c2C)c(OC)c1OC. The molecule has 8 nitrogen and oxygen atoms in total. The number of carbonyl (C=O) groups is 2. The van der Waals surface area contributed by atoms with Crippen molar-refractivity contribution in [2.75, 3.05) is 32.3 Å². The zero-order valence-corrected chi connectivity index (χ0v) is 28.2. The summed E-state index contributed by atoms with van der Waals surface area (Å²) in [7, 11) is 1.73. The fourth-order valence-electron chi connectivity index (χ4n) is 4.36. The fraction of sp³-hybridized carbons (Fsp3) is 0.394. The molecular weight excluding hydrogens is 599 g/mol. The molecule has 0 heterocycles. The summed E-state index contributed by atoms with van der Waals surface area (Å²) in [5, 5.41) is 0. The number of ketones is 2. The maximum absolute atomic E-state index is 12.9. The Labute approximate surface area is 270 Å². The molecule has 11 heteroatoms. The van der Waals surface area contributed by atoms with Crippen LogP contribution in [0, 0.1) is 27.7 Å². The average Bonchev–Trinajstić information content (AvgIpc) is 3.01. The normalized spacial score (nSPS) is 10.8. The van der Waals surface area contributed by atoms with Crippen LogP contribution in [-0.4, -0.2) is 51.2 Å². The molecule has 0 aliphatic rings. The van der Waals surface area contributed by atoms with Crippen LogP contribution in [0.3, 0.4) is 0 Å². The topological polar surface area (TPSA) is 89.5 Å². The first-order valence-electron chi connectivity index (χ1n) is 14.5. The Balaban J connectivity index is 1.75. The maximum atomic E-state index is 12.9. The van der Waals surface area contributed by atoms with E-state index in [1.165, 1.54) is 14.2 Å². The third-order valence-electron chi connectivity index (χ3n) is 7.16. The zero-order chi connectivity index (χ0) is 32.1. The largest absolute Gasteiger partial charge is 0.736 e. The second-order valence-corrected chi connectivity index (χ2v) is 11.6. The predicted octanol–water partition coefficient (Wildman–Crippen LogP) is 7.97. The van der Waals surface area contributed by atoms with Crippen molar-refractivity contribution in [3.05, 3.63) is 81.9 Å². The van der Waals surface area contributed by atoms with Gasteiger partial charge in [0.05, 0.1) is 32.3 Å². The molecule has 3 rings (SSSR count). The molecule has 0 amide bonds. The number of rotatable bonds is 19. The molecule has 44 heavy (non-hydrogen) atoms. The highest BCUT2D eigenvalue weighted by Gasteiger charge is 2.31. The highest BCUT2D eigenvalue weighted by atomic mass is 32.2. The number of Topliss-reactive ketones (excluding diaryl/α,β-unsaturated/α-hetero) is 2. The lowest BCUT2D eigenvalue weighted by Gasteiger charge is -2.19. The summed E-state index contributed by atoms with van der Waals surface area (Å²) in [6.45, 7) is 10.4. The lowest BCUT2D eigenvalue weighted by Crippen LogP contribution is -2.27. The van der Waals surface area contributed by atoms with Crippen molar-refractivity contribution in [1.82, 2.24) is 0 Å². The highest BCUT2D eigenvalue weighted by molar-refractivity contribution is 7.97. The molecule has 0 spiro atoms. The lowest BCUT2D eigenvalue weighted by atomic mass is 10.0. The number of unbranched alkanes of at least 4 members (excludes halogenated alkanes) is 2. The number of carbonyl (C=O) groups excluding carboxylic acids is 2. The van der Waals surface area contributed by atoms with E-state index in [1.54, 1.807) is 24.3 Å². The Morgan fingerprint density at radius 3 is 1.70 bits per heavy atom. The third-order valence-corrected chi connectivity index (χ3v) is 8.51. The van der Waals surface area contributed by atoms with Gasteiger partial charge in [-0.25, -0.2) is 0 Å².